The Bertz CT molecular complexity index is 657. The molecule has 156 valence electrons. The van der Waals surface area contributed by atoms with Gasteiger partial charge in [-0.3, -0.25) is 9.79 Å². The number of carbonyl (C=O) groups is 1. The van der Waals surface area contributed by atoms with Crippen molar-refractivity contribution < 1.29 is 9.53 Å². The lowest BCUT2D eigenvalue weighted by Crippen LogP contribution is -2.42. The number of guanidine groups is 1. The molecule has 3 rings (SSSR count). The first-order valence-electron chi connectivity index (χ1n) is 10.1. The zero-order valence-electron chi connectivity index (χ0n) is 16.8. The molecule has 3 N–H and O–H groups in total. The smallest absolute Gasteiger partial charge is 0.255 e. The minimum Gasteiger partial charge on any atom is -0.484 e. The lowest BCUT2D eigenvalue weighted by atomic mass is 9.73. The lowest BCUT2D eigenvalue weighted by Gasteiger charge is -2.33. The number of likely N-dealkylation sites (tertiary alicyclic amines) is 1. The molecule has 7 heteroatoms. The topological polar surface area (TPSA) is 80.0 Å². The summed E-state index contributed by atoms with van der Waals surface area (Å²) >= 11 is 0. The van der Waals surface area contributed by atoms with Gasteiger partial charge in [-0.1, -0.05) is 31.4 Å². The predicted molar refractivity (Wildman–Crippen MR) is 123 cm³/mol. The summed E-state index contributed by atoms with van der Waals surface area (Å²) in [6.45, 7) is 3.02. The summed E-state index contributed by atoms with van der Waals surface area (Å²) in [7, 11) is 1.87. The van der Waals surface area contributed by atoms with Crippen LogP contribution in [0.4, 0.5) is 0 Å². The highest BCUT2D eigenvalue weighted by Crippen LogP contribution is 2.43. The monoisotopic (exact) mass is 500 g/mol. The molecule has 1 amide bonds. The standard InChI is InChI=1S/C21H32N4O2.HI/c1-23-20(25-14-12-21(16-25)10-3-2-4-11-21)24-13-9-17-5-7-18(8-6-17)27-15-19(22)26;/h5-8H,2-4,9-16H2,1H3,(H2,22,26)(H,23,24);1H. The van der Waals surface area contributed by atoms with Gasteiger partial charge in [0.1, 0.15) is 5.75 Å². The number of amides is 1. The summed E-state index contributed by atoms with van der Waals surface area (Å²) < 4.78 is 5.29. The number of benzene rings is 1. The molecule has 0 unspecified atom stereocenters. The van der Waals surface area contributed by atoms with Crippen LogP contribution in [-0.2, 0) is 11.2 Å². The summed E-state index contributed by atoms with van der Waals surface area (Å²) in [4.78, 5) is 17.7. The van der Waals surface area contributed by atoms with Crippen molar-refractivity contribution in [3.8, 4) is 5.75 Å². The highest BCUT2D eigenvalue weighted by molar-refractivity contribution is 14.0. The maximum Gasteiger partial charge on any atom is 0.255 e. The number of hydrogen-bond acceptors (Lipinski definition) is 3. The van der Waals surface area contributed by atoms with Crippen LogP contribution in [0.25, 0.3) is 0 Å². The Morgan fingerprint density at radius 2 is 1.93 bits per heavy atom. The number of carbonyl (C=O) groups excluding carboxylic acids is 1. The number of halogens is 1. The molecule has 1 saturated carbocycles. The Kier molecular flexibility index (Phi) is 8.85. The van der Waals surface area contributed by atoms with Gasteiger partial charge in [-0.05, 0) is 48.8 Å². The third kappa shape index (κ3) is 6.25. The number of hydrogen-bond donors (Lipinski definition) is 2. The molecule has 28 heavy (non-hydrogen) atoms. The molecule has 0 aromatic heterocycles. The molecule has 1 aromatic rings. The van der Waals surface area contributed by atoms with Crippen molar-refractivity contribution in [1.82, 2.24) is 10.2 Å². The largest absolute Gasteiger partial charge is 0.484 e. The predicted octanol–water partition coefficient (Wildman–Crippen LogP) is 2.94. The van der Waals surface area contributed by atoms with Gasteiger partial charge >= 0.3 is 0 Å². The van der Waals surface area contributed by atoms with Gasteiger partial charge in [0.15, 0.2) is 12.6 Å². The first-order valence-corrected chi connectivity index (χ1v) is 10.1. The van der Waals surface area contributed by atoms with Gasteiger partial charge in [0, 0.05) is 26.7 Å². The fraction of sp³-hybridized carbons (Fsp3) is 0.619. The average Bonchev–Trinajstić information content (AvgIpc) is 3.08. The molecule has 0 atom stereocenters. The van der Waals surface area contributed by atoms with E-state index in [2.05, 4.69) is 15.2 Å². The molecule has 6 nitrogen and oxygen atoms in total. The third-order valence-corrected chi connectivity index (χ3v) is 5.87. The summed E-state index contributed by atoms with van der Waals surface area (Å²) in [5, 5.41) is 3.52. The number of nitrogens with two attached hydrogens (primary N) is 1. The van der Waals surface area contributed by atoms with Crippen LogP contribution in [-0.4, -0.2) is 50.1 Å². The van der Waals surface area contributed by atoms with Crippen molar-refractivity contribution in [1.29, 1.82) is 0 Å². The molecule has 0 radical (unpaired) electrons. The molecule has 1 aliphatic carbocycles. The first-order chi connectivity index (χ1) is 13.1. The second-order valence-electron chi connectivity index (χ2n) is 7.86. The maximum atomic E-state index is 10.8. The summed E-state index contributed by atoms with van der Waals surface area (Å²) in [6, 6.07) is 7.79. The van der Waals surface area contributed by atoms with Crippen molar-refractivity contribution in [2.45, 2.75) is 44.9 Å². The molecule has 1 aromatic carbocycles. The highest BCUT2D eigenvalue weighted by Gasteiger charge is 2.39. The van der Waals surface area contributed by atoms with Crippen molar-refractivity contribution >= 4 is 35.8 Å². The molecule has 2 aliphatic rings. The number of nitrogens with one attached hydrogen (secondary N) is 1. The van der Waals surface area contributed by atoms with E-state index in [0.717, 1.165) is 32.0 Å². The Hall–Kier alpha value is -1.51. The van der Waals surface area contributed by atoms with Crippen LogP contribution in [0.1, 0.15) is 44.1 Å². The van der Waals surface area contributed by atoms with Crippen molar-refractivity contribution in [2.75, 3.05) is 33.3 Å². The summed E-state index contributed by atoms with van der Waals surface area (Å²) in [5.74, 6) is 1.22. The fourth-order valence-electron chi connectivity index (χ4n) is 4.38. The highest BCUT2D eigenvalue weighted by atomic mass is 127. The maximum absolute atomic E-state index is 10.8. The fourth-order valence-corrected chi connectivity index (χ4v) is 4.38. The quantitative estimate of drug-likeness (QED) is 0.358. The van der Waals surface area contributed by atoms with E-state index in [1.54, 1.807) is 0 Å². The van der Waals surface area contributed by atoms with Gasteiger partial charge in [0.25, 0.3) is 5.91 Å². The van der Waals surface area contributed by atoms with Crippen molar-refractivity contribution in [3.05, 3.63) is 29.8 Å². The van der Waals surface area contributed by atoms with E-state index in [4.69, 9.17) is 10.5 Å². The summed E-state index contributed by atoms with van der Waals surface area (Å²) in [6.07, 6.45) is 9.16. The first kappa shape index (κ1) is 22.8. The van der Waals surface area contributed by atoms with Crippen LogP contribution in [0.3, 0.4) is 0 Å². The second-order valence-corrected chi connectivity index (χ2v) is 7.86. The van der Waals surface area contributed by atoms with Crippen LogP contribution in [0, 0.1) is 5.41 Å². The molecule has 1 spiro atoms. The summed E-state index contributed by atoms with van der Waals surface area (Å²) in [5.41, 5.74) is 6.84. The van der Waals surface area contributed by atoms with Crippen LogP contribution in [0.15, 0.2) is 29.3 Å². The van der Waals surface area contributed by atoms with Crippen LogP contribution in [0.2, 0.25) is 0 Å². The van der Waals surface area contributed by atoms with E-state index in [9.17, 15) is 4.79 Å². The Morgan fingerprint density at radius 3 is 2.57 bits per heavy atom. The second kappa shape index (κ2) is 10.9. The average molecular weight is 500 g/mol. The van der Waals surface area contributed by atoms with Crippen molar-refractivity contribution in [3.63, 3.8) is 0 Å². The van der Waals surface area contributed by atoms with E-state index in [1.807, 2.05) is 31.3 Å². The Balaban J connectivity index is 0.00000280. The van der Waals surface area contributed by atoms with Gasteiger partial charge < -0.3 is 20.7 Å². The lowest BCUT2D eigenvalue weighted by molar-refractivity contribution is -0.119. The minimum absolute atomic E-state index is 0. The van der Waals surface area contributed by atoms with Gasteiger partial charge in [-0.15, -0.1) is 24.0 Å². The van der Waals surface area contributed by atoms with Gasteiger partial charge in [-0.2, -0.15) is 0 Å². The zero-order valence-corrected chi connectivity index (χ0v) is 19.1. The number of primary amides is 1. The molecular weight excluding hydrogens is 467 g/mol. The number of rotatable bonds is 6. The molecule has 1 aliphatic heterocycles. The van der Waals surface area contributed by atoms with Gasteiger partial charge in [0.2, 0.25) is 0 Å². The van der Waals surface area contributed by atoms with Gasteiger partial charge in [0.05, 0.1) is 0 Å². The van der Waals surface area contributed by atoms with Crippen LogP contribution in [0.5, 0.6) is 5.75 Å². The molecule has 2 fully saturated rings. The number of ether oxygens (including phenoxy) is 1. The molecule has 0 bridgehead atoms. The van der Waals surface area contributed by atoms with E-state index < -0.39 is 5.91 Å². The van der Waals surface area contributed by atoms with E-state index in [1.165, 1.54) is 44.1 Å². The van der Waals surface area contributed by atoms with Crippen molar-refractivity contribution in [2.24, 2.45) is 16.1 Å². The minimum atomic E-state index is -0.466. The SMILES string of the molecule is CN=C(NCCc1ccc(OCC(N)=O)cc1)N1CCC2(CCCCC2)C1.I. The Morgan fingerprint density at radius 1 is 1.21 bits per heavy atom. The molecule has 1 heterocycles. The normalized spacial score (nSPS) is 18.6. The van der Waals surface area contributed by atoms with Crippen LogP contribution >= 0.6 is 24.0 Å². The van der Waals surface area contributed by atoms with E-state index in [0.29, 0.717) is 11.2 Å². The zero-order chi connectivity index (χ0) is 19.1. The van der Waals surface area contributed by atoms with E-state index >= 15 is 0 Å². The van der Waals surface area contributed by atoms with E-state index in [-0.39, 0.29) is 30.6 Å². The van der Waals surface area contributed by atoms with Gasteiger partial charge in [-0.25, -0.2) is 0 Å². The molecular formula is C21H33IN4O2. The van der Waals surface area contributed by atoms with Crippen LogP contribution < -0.4 is 15.8 Å². The number of nitrogens with zero attached hydrogens (tertiary/aromatic N) is 2. The molecule has 1 saturated heterocycles. The number of aliphatic imine (C=N–C) groups is 1. The Labute approximate surface area is 185 Å². The third-order valence-electron chi connectivity index (χ3n) is 5.87.